The van der Waals surface area contributed by atoms with Crippen molar-refractivity contribution in [2.24, 2.45) is 0 Å². The summed E-state index contributed by atoms with van der Waals surface area (Å²) in [7, 11) is 0. The van der Waals surface area contributed by atoms with E-state index in [1.54, 1.807) is 0 Å². The van der Waals surface area contributed by atoms with Gasteiger partial charge in [-0.05, 0) is 45.3 Å². The maximum Gasteiger partial charge on any atom is 0.127 e. The standard InChI is InChI=1S/C17H27NO/c1-7-13(2)12-19-16-14(3)9-8-10-15(16)11-18-17(4,5)6/h8-10,18H,2,7,11-12H2,1,3-6H3. The van der Waals surface area contributed by atoms with E-state index >= 15 is 0 Å². The second-order valence-corrected chi connectivity index (χ2v) is 6.06. The highest BCUT2D eigenvalue weighted by Gasteiger charge is 2.12. The van der Waals surface area contributed by atoms with Gasteiger partial charge in [-0.15, -0.1) is 0 Å². The van der Waals surface area contributed by atoms with Crippen molar-refractivity contribution in [1.29, 1.82) is 0 Å². The lowest BCUT2D eigenvalue weighted by Crippen LogP contribution is -2.35. The minimum atomic E-state index is 0.105. The molecule has 1 aromatic carbocycles. The molecule has 106 valence electrons. The van der Waals surface area contributed by atoms with Gasteiger partial charge < -0.3 is 10.1 Å². The molecule has 0 aliphatic rings. The van der Waals surface area contributed by atoms with E-state index in [1.165, 1.54) is 11.1 Å². The third-order valence-electron chi connectivity index (χ3n) is 3.02. The Morgan fingerprint density at radius 2 is 2.00 bits per heavy atom. The largest absolute Gasteiger partial charge is 0.489 e. The Morgan fingerprint density at radius 3 is 2.58 bits per heavy atom. The second kappa shape index (κ2) is 6.76. The average molecular weight is 261 g/mol. The molecule has 0 radical (unpaired) electrons. The fourth-order valence-electron chi connectivity index (χ4n) is 1.70. The highest BCUT2D eigenvalue weighted by molar-refractivity contribution is 5.41. The van der Waals surface area contributed by atoms with E-state index in [0.29, 0.717) is 6.61 Å². The summed E-state index contributed by atoms with van der Waals surface area (Å²) >= 11 is 0. The van der Waals surface area contributed by atoms with Crippen LogP contribution in [0.2, 0.25) is 0 Å². The minimum Gasteiger partial charge on any atom is -0.489 e. The molecule has 0 spiro atoms. The molecule has 0 saturated heterocycles. The molecule has 1 rings (SSSR count). The molecule has 0 bridgehead atoms. The summed E-state index contributed by atoms with van der Waals surface area (Å²) in [5.41, 5.74) is 3.61. The molecule has 2 heteroatoms. The van der Waals surface area contributed by atoms with Gasteiger partial charge in [0.15, 0.2) is 0 Å². The Morgan fingerprint density at radius 1 is 1.32 bits per heavy atom. The molecule has 0 aliphatic heterocycles. The number of hydrogen-bond donors (Lipinski definition) is 1. The number of benzene rings is 1. The zero-order valence-corrected chi connectivity index (χ0v) is 13.0. The Labute approximate surface area is 117 Å². The second-order valence-electron chi connectivity index (χ2n) is 6.06. The SMILES string of the molecule is C=C(CC)COc1c(C)cccc1CNC(C)(C)C. The minimum absolute atomic E-state index is 0.105. The molecule has 1 N–H and O–H groups in total. The maximum absolute atomic E-state index is 5.95. The summed E-state index contributed by atoms with van der Waals surface area (Å²) < 4.78 is 5.95. The summed E-state index contributed by atoms with van der Waals surface area (Å²) in [6.07, 6.45) is 0.960. The van der Waals surface area contributed by atoms with Gasteiger partial charge in [0.2, 0.25) is 0 Å². The molecule has 0 aliphatic carbocycles. The fraction of sp³-hybridized carbons (Fsp3) is 0.529. The van der Waals surface area contributed by atoms with Crippen LogP contribution in [0.1, 0.15) is 45.2 Å². The predicted molar refractivity (Wildman–Crippen MR) is 82.7 cm³/mol. The van der Waals surface area contributed by atoms with Gasteiger partial charge >= 0.3 is 0 Å². The Balaban J connectivity index is 2.80. The van der Waals surface area contributed by atoms with Crippen molar-refractivity contribution in [1.82, 2.24) is 5.32 Å². The van der Waals surface area contributed by atoms with Crippen LogP contribution in [0.15, 0.2) is 30.4 Å². The van der Waals surface area contributed by atoms with E-state index in [1.807, 2.05) is 0 Å². The van der Waals surface area contributed by atoms with E-state index < -0.39 is 0 Å². The monoisotopic (exact) mass is 261 g/mol. The van der Waals surface area contributed by atoms with Crippen molar-refractivity contribution in [2.75, 3.05) is 6.61 Å². The van der Waals surface area contributed by atoms with Gasteiger partial charge in [-0.25, -0.2) is 0 Å². The molecule has 0 aromatic heterocycles. The zero-order valence-electron chi connectivity index (χ0n) is 13.0. The van der Waals surface area contributed by atoms with Crippen LogP contribution in [0.5, 0.6) is 5.75 Å². The predicted octanol–water partition coefficient (Wildman–Crippen LogP) is 4.23. The van der Waals surface area contributed by atoms with Gasteiger partial charge in [-0.1, -0.05) is 31.7 Å². The molecule has 0 amide bonds. The summed E-state index contributed by atoms with van der Waals surface area (Å²) in [4.78, 5) is 0. The molecule has 2 nitrogen and oxygen atoms in total. The lowest BCUT2D eigenvalue weighted by Gasteiger charge is -2.22. The normalized spacial score (nSPS) is 11.4. The molecular weight excluding hydrogens is 234 g/mol. The quantitative estimate of drug-likeness (QED) is 0.774. The molecule has 19 heavy (non-hydrogen) atoms. The summed E-state index contributed by atoms with van der Waals surface area (Å²) in [5, 5.41) is 3.50. The smallest absolute Gasteiger partial charge is 0.127 e. The third kappa shape index (κ3) is 5.48. The van der Waals surface area contributed by atoms with Crippen LogP contribution in [-0.4, -0.2) is 12.1 Å². The topological polar surface area (TPSA) is 21.3 Å². The lowest BCUT2D eigenvalue weighted by molar-refractivity contribution is 0.338. The first-order chi connectivity index (χ1) is 8.83. The number of hydrogen-bond acceptors (Lipinski definition) is 2. The maximum atomic E-state index is 5.95. The van der Waals surface area contributed by atoms with Crippen molar-refractivity contribution in [3.05, 3.63) is 41.5 Å². The van der Waals surface area contributed by atoms with Crippen LogP contribution >= 0.6 is 0 Å². The number of para-hydroxylation sites is 1. The van der Waals surface area contributed by atoms with Crippen molar-refractivity contribution >= 4 is 0 Å². The van der Waals surface area contributed by atoms with Crippen LogP contribution in [0, 0.1) is 6.92 Å². The highest BCUT2D eigenvalue weighted by atomic mass is 16.5. The Bertz CT molecular complexity index is 429. The van der Waals surface area contributed by atoms with Crippen molar-refractivity contribution in [2.45, 2.75) is 53.1 Å². The molecule has 0 atom stereocenters. The first-order valence-corrected chi connectivity index (χ1v) is 6.96. The van der Waals surface area contributed by atoms with E-state index in [2.05, 4.69) is 64.7 Å². The van der Waals surface area contributed by atoms with Gasteiger partial charge in [-0.3, -0.25) is 0 Å². The number of ether oxygens (including phenoxy) is 1. The number of nitrogens with one attached hydrogen (secondary N) is 1. The van der Waals surface area contributed by atoms with Crippen molar-refractivity contribution in [3.63, 3.8) is 0 Å². The summed E-state index contributed by atoms with van der Waals surface area (Å²) in [6.45, 7) is 16.1. The molecule has 0 saturated carbocycles. The van der Waals surface area contributed by atoms with Gasteiger partial charge in [-0.2, -0.15) is 0 Å². The van der Waals surface area contributed by atoms with Gasteiger partial charge in [0.05, 0.1) is 0 Å². The Kier molecular flexibility index (Phi) is 5.61. The van der Waals surface area contributed by atoms with Crippen LogP contribution in [-0.2, 0) is 6.54 Å². The molecule has 1 aromatic rings. The average Bonchev–Trinajstić information content (AvgIpc) is 2.33. The molecular formula is C17H27NO. The van der Waals surface area contributed by atoms with Crippen LogP contribution in [0.4, 0.5) is 0 Å². The van der Waals surface area contributed by atoms with Crippen LogP contribution < -0.4 is 10.1 Å². The third-order valence-corrected chi connectivity index (χ3v) is 3.02. The summed E-state index contributed by atoms with van der Waals surface area (Å²) in [6, 6.07) is 6.29. The summed E-state index contributed by atoms with van der Waals surface area (Å²) in [5.74, 6) is 0.994. The van der Waals surface area contributed by atoms with E-state index in [9.17, 15) is 0 Å². The first-order valence-electron chi connectivity index (χ1n) is 6.96. The zero-order chi connectivity index (χ0) is 14.5. The van der Waals surface area contributed by atoms with Crippen molar-refractivity contribution in [3.8, 4) is 5.75 Å². The van der Waals surface area contributed by atoms with Gasteiger partial charge in [0, 0.05) is 17.6 Å². The molecule has 0 unspecified atom stereocenters. The van der Waals surface area contributed by atoms with Crippen molar-refractivity contribution < 1.29 is 4.74 Å². The van der Waals surface area contributed by atoms with Gasteiger partial charge in [0.25, 0.3) is 0 Å². The fourth-order valence-corrected chi connectivity index (χ4v) is 1.70. The lowest BCUT2D eigenvalue weighted by atomic mass is 10.1. The molecule has 0 fully saturated rings. The number of aryl methyl sites for hydroxylation is 1. The van der Waals surface area contributed by atoms with Crippen LogP contribution in [0.25, 0.3) is 0 Å². The van der Waals surface area contributed by atoms with E-state index in [0.717, 1.165) is 24.3 Å². The molecule has 0 heterocycles. The van der Waals surface area contributed by atoms with E-state index in [4.69, 9.17) is 4.74 Å². The first kappa shape index (κ1) is 15.8. The number of rotatable bonds is 6. The highest BCUT2D eigenvalue weighted by Crippen LogP contribution is 2.24. The van der Waals surface area contributed by atoms with Gasteiger partial charge in [0.1, 0.15) is 12.4 Å². The van der Waals surface area contributed by atoms with E-state index in [-0.39, 0.29) is 5.54 Å². The van der Waals surface area contributed by atoms with Crippen LogP contribution in [0.3, 0.4) is 0 Å². The Hall–Kier alpha value is -1.28.